The lowest BCUT2D eigenvalue weighted by Gasteiger charge is -2.05. The third-order valence-electron chi connectivity index (χ3n) is 1.88. The first-order valence-corrected chi connectivity index (χ1v) is 5.72. The highest BCUT2D eigenvalue weighted by Gasteiger charge is 1.98. The predicted octanol–water partition coefficient (Wildman–Crippen LogP) is -0.0183. The van der Waals surface area contributed by atoms with Crippen molar-refractivity contribution in [3.63, 3.8) is 0 Å². The zero-order valence-corrected chi connectivity index (χ0v) is 10.4. The van der Waals surface area contributed by atoms with Crippen LogP contribution in [0.25, 0.3) is 0 Å². The third-order valence-corrected chi connectivity index (χ3v) is 1.88. The summed E-state index contributed by atoms with van der Waals surface area (Å²) >= 11 is 0. The van der Waals surface area contributed by atoms with Crippen LogP contribution >= 0.6 is 0 Å². The minimum absolute atomic E-state index is 0.0311. The molecule has 0 saturated heterocycles. The summed E-state index contributed by atoms with van der Waals surface area (Å²) in [5.74, 6) is -0.217. The first-order chi connectivity index (χ1) is 8.31. The lowest BCUT2D eigenvalue weighted by Crippen LogP contribution is -2.11. The van der Waals surface area contributed by atoms with Crippen LogP contribution in [0.1, 0.15) is 12.8 Å². The Morgan fingerprint density at radius 2 is 1.47 bits per heavy atom. The van der Waals surface area contributed by atoms with Crippen LogP contribution in [0.3, 0.4) is 0 Å². The highest BCUT2D eigenvalue weighted by atomic mass is 16.5. The zero-order valence-electron chi connectivity index (χ0n) is 10.4. The Hall–Kier alpha value is -0.690. The number of methoxy groups -OCH3 is 1. The molecule has 1 N–H and O–H groups in total. The smallest absolute Gasteiger partial charge is 0.305 e. The molecule has 6 nitrogen and oxygen atoms in total. The third kappa shape index (κ3) is 13.2. The maximum Gasteiger partial charge on any atom is 0.305 e. The molecule has 0 aromatic rings. The van der Waals surface area contributed by atoms with Crippen molar-refractivity contribution in [2.75, 3.05) is 53.4 Å². The predicted molar refractivity (Wildman–Crippen MR) is 60.8 cm³/mol. The molecule has 0 aliphatic heterocycles. The van der Waals surface area contributed by atoms with Gasteiger partial charge in [-0.05, 0) is 6.42 Å². The van der Waals surface area contributed by atoms with Crippen LogP contribution in [-0.4, -0.2) is 64.4 Å². The number of hydrogen-bond acceptors (Lipinski definition) is 6. The van der Waals surface area contributed by atoms with E-state index in [1.54, 1.807) is 0 Å². The Bertz CT molecular complexity index is 173. The maximum absolute atomic E-state index is 10.7. The van der Waals surface area contributed by atoms with Crippen molar-refractivity contribution in [2.45, 2.75) is 12.8 Å². The van der Waals surface area contributed by atoms with E-state index in [-0.39, 0.29) is 12.6 Å². The molecular formula is C11H22O6. The van der Waals surface area contributed by atoms with Gasteiger partial charge in [0.2, 0.25) is 0 Å². The van der Waals surface area contributed by atoms with Gasteiger partial charge in [0.1, 0.15) is 0 Å². The Morgan fingerprint density at radius 1 is 0.941 bits per heavy atom. The van der Waals surface area contributed by atoms with Crippen molar-refractivity contribution < 1.29 is 28.8 Å². The molecule has 0 fully saturated rings. The molecule has 0 amide bonds. The summed E-state index contributed by atoms with van der Waals surface area (Å²) in [5.41, 5.74) is 0. The molecule has 0 aliphatic carbocycles. The van der Waals surface area contributed by atoms with Gasteiger partial charge < -0.3 is 24.1 Å². The van der Waals surface area contributed by atoms with Gasteiger partial charge in [0.05, 0.1) is 46.8 Å². The van der Waals surface area contributed by atoms with Gasteiger partial charge in [0, 0.05) is 13.0 Å². The van der Waals surface area contributed by atoms with E-state index in [9.17, 15) is 4.79 Å². The van der Waals surface area contributed by atoms with Crippen molar-refractivity contribution in [3.8, 4) is 0 Å². The molecule has 0 spiro atoms. The van der Waals surface area contributed by atoms with E-state index in [0.717, 1.165) is 0 Å². The highest BCUT2D eigenvalue weighted by Crippen LogP contribution is 1.92. The maximum atomic E-state index is 10.7. The first kappa shape index (κ1) is 16.3. The van der Waals surface area contributed by atoms with E-state index in [2.05, 4.69) is 4.74 Å². The second-order valence-corrected chi connectivity index (χ2v) is 3.24. The van der Waals surface area contributed by atoms with Crippen molar-refractivity contribution in [3.05, 3.63) is 0 Å². The van der Waals surface area contributed by atoms with Gasteiger partial charge in [0.25, 0.3) is 0 Å². The van der Waals surface area contributed by atoms with Crippen molar-refractivity contribution in [2.24, 2.45) is 0 Å². The summed E-state index contributed by atoms with van der Waals surface area (Å²) in [6.45, 7) is 2.87. The van der Waals surface area contributed by atoms with Gasteiger partial charge in [-0.3, -0.25) is 4.79 Å². The Kier molecular flexibility index (Phi) is 12.8. The van der Waals surface area contributed by atoms with Crippen LogP contribution in [0.5, 0.6) is 0 Å². The number of carbonyl (C=O) groups excluding carboxylic acids is 1. The van der Waals surface area contributed by atoms with E-state index in [0.29, 0.717) is 52.5 Å². The summed E-state index contributed by atoms with van der Waals surface area (Å²) in [6.07, 6.45) is 1.04. The molecule has 0 aromatic carbocycles. The van der Waals surface area contributed by atoms with Crippen LogP contribution in [0.4, 0.5) is 0 Å². The van der Waals surface area contributed by atoms with Crippen LogP contribution in [-0.2, 0) is 23.7 Å². The summed E-state index contributed by atoms with van der Waals surface area (Å²) in [5, 5.41) is 8.43. The SMILES string of the molecule is COC(=O)CCCOCCOCCOCCO. The van der Waals surface area contributed by atoms with Gasteiger partial charge in [-0.2, -0.15) is 0 Å². The van der Waals surface area contributed by atoms with Crippen molar-refractivity contribution in [1.29, 1.82) is 0 Å². The van der Waals surface area contributed by atoms with Gasteiger partial charge in [0.15, 0.2) is 0 Å². The highest BCUT2D eigenvalue weighted by molar-refractivity contribution is 5.68. The van der Waals surface area contributed by atoms with Crippen LogP contribution in [0.2, 0.25) is 0 Å². The molecule has 0 bridgehead atoms. The molecule has 0 saturated carbocycles. The van der Waals surface area contributed by atoms with Crippen molar-refractivity contribution in [1.82, 2.24) is 0 Å². The summed E-state index contributed by atoms with van der Waals surface area (Å²) < 4.78 is 19.9. The Morgan fingerprint density at radius 3 is 2.00 bits per heavy atom. The average molecular weight is 250 g/mol. The van der Waals surface area contributed by atoms with E-state index in [1.807, 2.05) is 0 Å². The number of aliphatic hydroxyl groups is 1. The molecule has 102 valence electrons. The fraction of sp³-hybridized carbons (Fsp3) is 0.909. The molecule has 0 radical (unpaired) electrons. The molecule has 0 unspecified atom stereocenters. The lowest BCUT2D eigenvalue weighted by molar-refractivity contribution is -0.141. The van der Waals surface area contributed by atoms with E-state index >= 15 is 0 Å². The topological polar surface area (TPSA) is 74.2 Å². The monoisotopic (exact) mass is 250 g/mol. The number of carbonyl (C=O) groups is 1. The van der Waals surface area contributed by atoms with Crippen molar-refractivity contribution >= 4 is 5.97 Å². The average Bonchev–Trinajstić information content (AvgIpc) is 2.35. The standard InChI is InChI=1S/C11H22O6/c1-14-11(13)3-2-5-15-7-9-17-10-8-16-6-4-12/h12H,2-10H2,1H3. The van der Waals surface area contributed by atoms with Crippen LogP contribution < -0.4 is 0 Å². The van der Waals surface area contributed by atoms with Crippen LogP contribution in [0, 0.1) is 0 Å². The fourth-order valence-electron chi connectivity index (χ4n) is 1.03. The number of hydrogen-bond donors (Lipinski definition) is 1. The molecule has 0 aliphatic rings. The quantitative estimate of drug-likeness (QED) is 0.387. The molecule has 0 aromatic heterocycles. The summed E-state index contributed by atoms with van der Waals surface area (Å²) in [7, 11) is 1.37. The van der Waals surface area contributed by atoms with Gasteiger partial charge in [-0.15, -0.1) is 0 Å². The van der Waals surface area contributed by atoms with Gasteiger partial charge in [-0.1, -0.05) is 0 Å². The van der Waals surface area contributed by atoms with E-state index < -0.39 is 0 Å². The summed E-state index contributed by atoms with van der Waals surface area (Å²) in [4.78, 5) is 10.7. The molecule has 0 rings (SSSR count). The molecule has 0 atom stereocenters. The van der Waals surface area contributed by atoms with Gasteiger partial charge >= 0.3 is 5.97 Å². The van der Waals surface area contributed by atoms with E-state index in [1.165, 1.54) is 7.11 Å². The number of esters is 1. The summed E-state index contributed by atoms with van der Waals surface area (Å²) in [6, 6.07) is 0. The molecule has 17 heavy (non-hydrogen) atoms. The fourth-order valence-corrected chi connectivity index (χ4v) is 1.03. The minimum atomic E-state index is -0.217. The lowest BCUT2D eigenvalue weighted by atomic mass is 10.3. The number of rotatable bonds is 12. The number of ether oxygens (including phenoxy) is 4. The Labute approximate surface area is 102 Å². The van der Waals surface area contributed by atoms with Gasteiger partial charge in [-0.25, -0.2) is 0 Å². The minimum Gasteiger partial charge on any atom is -0.469 e. The van der Waals surface area contributed by atoms with E-state index in [4.69, 9.17) is 19.3 Å². The molecular weight excluding hydrogens is 228 g/mol. The normalized spacial score (nSPS) is 10.5. The van der Waals surface area contributed by atoms with Crippen LogP contribution in [0.15, 0.2) is 0 Å². The Balaban J connectivity index is 2.96. The number of aliphatic hydroxyl groups excluding tert-OH is 1. The molecule has 0 heterocycles. The second-order valence-electron chi connectivity index (χ2n) is 3.24. The first-order valence-electron chi connectivity index (χ1n) is 5.72. The largest absolute Gasteiger partial charge is 0.469 e. The molecule has 6 heteroatoms. The second kappa shape index (κ2) is 13.4. The zero-order chi connectivity index (χ0) is 12.8.